The second kappa shape index (κ2) is 9.05. The van der Waals surface area contributed by atoms with Crippen LogP contribution in [0.4, 0.5) is 11.4 Å². The van der Waals surface area contributed by atoms with E-state index in [1.165, 1.54) is 53.6 Å². The van der Waals surface area contributed by atoms with E-state index in [9.17, 15) is 18.0 Å². The van der Waals surface area contributed by atoms with Gasteiger partial charge < -0.3 is 19.5 Å². The molecule has 1 saturated heterocycles. The molecule has 1 N–H and O–H groups in total. The van der Waals surface area contributed by atoms with Gasteiger partial charge >= 0.3 is 0 Å². The average molecular weight is 464 g/mol. The number of hydrogen-bond acceptors (Lipinski definition) is 8. The zero-order valence-electron chi connectivity index (χ0n) is 18.4. The van der Waals surface area contributed by atoms with E-state index in [0.717, 1.165) is 9.21 Å². The normalized spacial score (nSPS) is 16.4. The Balaban J connectivity index is 1.94. The van der Waals surface area contributed by atoms with Crippen molar-refractivity contribution >= 4 is 33.2 Å². The van der Waals surface area contributed by atoms with Gasteiger partial charge in [-0.05, 0) is 30.3 Å². The number of sulfonamides is 1. The fraction of sp³-hybridized carbons (Fsp3) is 0.333. The minimum absolute atomic E-state index is 0.0243. The molecule has 172 valence electrons. The van der Waals surface area contributed by atoms with Gasteiger partial charge in [-0.2, -0.15) is 0 Å². The van der Waals surface area contributed by atoms with Crippen molar-refractivity contribution in [2.45, 2.75) is 17.4 Å². The van der Waals surface area contributed by atoms with Gasteiger partial charge in [0.1, 0.15) is 23.3 Å². The standard InChI is InChI=1S/C21H25N3O7S/c1-23(2)32(27,28)14-7-9-18(30-4)15(11-14)22-16-12-20(25)24(21(16)26)17-8-6-13(29-3)10-19(17)31-5/h6-11,16,22H,12H2,1-5H3/t16-/m0/s1. The van der Waals surface area contributed by atoms with Crippen molar-refractivity contribution in [1.82, 2.24) is 4.31 Å². The van der Waals surface area contributed by atoms with Gasteiger partial charge in [0.15, 0.2) is 0 Å². The molecule has 2 aromatic carbocycles. The highest BCUT2D eigenvalue weighted by Crippen LogP contribution is 2.36. The number of carbonyl (C=O) groups is 2. The minimum Gasteiger partial charge on any atom is -0.497 e. The van der Waals surface area contributed by atoms with E-state index in [0.29, 0.717) is 22.9 Å². The van der Waals surface area contributed by atoms with E-state index in [2.05, 4.69) is 5.32 Å². The fourth-order valence-corrected chi connectivity index (χ4v) is 4.25. The number of amides is 2. The third-order valence-electron chi connectivity index (χ3n) is 5.05. The van der Waals surface area contributed by atoms with Crippen LogP contribution in [0.5, 0.6) is 17.2 Å². The van der Waals surface area contributed by atoms with Gasteiger partial charge in [0.05, 0.1) is 44.0 Å². The van der Waals surface area contributed by atoms with E-state index in [4.69, 9.17) is 14.2 Å². The molecule has 1 atom stereocenters. The second-order valence-corrected chi connectivity index (χ2v) is 9.31. The van der Waals surface area contributed by atoms with Crippen LogP contribution < -0.4 is 24.4 Å². The number of nitrogens with one attached hydrogen (secondary N) is 1. The first-order valence-electron chi connectivity index (χ1n) is 9.60. The van der Waals surface area contributed by atoms with Crippen LogP contribution in [0.1, 0.15) is 6.42 Å². The van der Waals surface area contributed by atoms with Crippen molar-refractivity contribution in [2.75, 3.05) is 45.6 Å². The van der Waals surface area contributed by atoms with Crippen LogP contribution >= 0.6 is 0 Å². The average Bonchev–Trinajstić information content (AvgIpc) is 3.05. The van der Waals surface area contributed by atoms with Gasteiger partial charge in [0.25, 0.3) is 5.91 Å². The Morgan fingerprint density at radius 2 is 1.66 bits per heavy atom. The maximum atomic E-state index is 13.1. The smallest absolute Gasteiger partial charge is 0.256 e. The number of ether oxygens (including phenoxy) is 3. The lowest BCUT2D eigenvalue weighted by molar-refractivity contribution is -0.121. The van der Waals surface area contributed by atoms with Crippen LogP contribution in [-0.4, -0.2) is 66.0 Å². The van der Waals surface area contributed by atoms with Crippen molar-refractivity contribution in [3.05, 3.63) is 36.4 Å². The first kappa shape index (κ1) is 23.4. The molecule has 11 heteroatoms. The zero-order valence-corrected chi connectivity index (χ0v) is 19.2. The predicted molar refractivity (Wildman–Crippen MR) is 118 cm³/mol. The summed E-state index contributed by atoms with van der Waals surface area (Å²) >= 11 is 0. The van der Waals surface area contributed by atoms with E-state index in [1.807, 2.05) is 0 Å². The Morgan fingerprint density at radius 3 is 2.25 bits per heavy atom. The topological polar surface area (TPSA) is 114 Å². The second-order valence-electron chi connectivity index (χ2n) is 7.16. The molecule has 0 bridgehead atoms. The van der Waals surface area contributed by atoms with Crippen molar-refractivity contribution < 1.29 is 32.2 Å². The maximum absolute atomic E-state index is 13.1. The van der Waals surface area contributed by atoms with Gasteiger partial charge in [0, 0.05) is 20.2 Å². The van der Waals surface area contributed by atoms with Crippen LogP contribution in [0.3, 0.4) is 0 Å². The SMILES string of the molecule is COc1ccc(N2C(=O)C[C@H](Nc3cc(S(=O)(=O)N(C)C)ccc3OC)C2=O)c(OC)c1. The Morgan fingerprint density at radius 1 is 0.969 bits per heavy atom. The van der Waals surface area contributed by atoms with E-state index >= 15 is 0 Å². The summed E-state index contributed by atoms with van der Waals surface area (Å²) in [6, 6.07) is 8.14. The summed E-state index contributed by atoms with van der Waals surface area (Å²) in [7, 11) is 3.50. The highest BCUT2D eigenvalue weighted by atomic mass is 32.2. The Bertz CT molecular complexity index is 1150. The molecule has 10 nitrogen and oxygen atoms in total. The number of imide groups is 1. The van der Waals surface area contributed by atoms with Crippen LogP contribution in [0.2, 0.25) is 0 Å². The summed E-state index contributed by atoms with van der Waals surface area (Å²) in [5.41, 5.74) is 0.577. The highest BCUT2D eigenvalue weighted by molar-refractivity contribution is 7.89. The lowest BCUT2D eigenvalue weighted by atomic mass is 10.2. The molecule has 0 spiro atoms. The third-order valence-corrected chi connectivity index (χ3v) is 6.86. The first-order valence-corrected chi connectivity index (χ1v) is 11.0. The molecular weight excluding hydrogens is 438 g/mol. The summed E-state index contributed by atoms with van der Waals surface area (Å²) in [5, 5.41) is 2.97. The van der Waals surface area contributed by atoms with Crippen LogP contribution in [0.25, 0.3) is 0 Å². The molecule has 1 fully saturated rings. The quantitative estimate of drug-likeness (QED) is 0.589. The summed E-state index contributed by atoms with van der Waals surface area (Å²) < 4.78 is 41.9. The number of hydrogen-bond donors (Lipinski definition) is 1. The third kappa shape index (κ3) is 4.21. The number of carbonyl (C=O) groups excluding carboxylic acids is 2. The monoisotopic (exact) mass is 463 g/mol. The van der Waals surface area contributed by atoms with Crippen molar-refractivity contribution in [3.63, 3.8) is 0 Å². The molecule has 32 heavy (non-hydrogen) atoms. The number of benzene rings is 2. The van der Waals surface area contributed by atoms with Gasteiger partial charge in [-0.25, -0.2) is 17.6 Å². The number of nitrogens with zero attached hydrogens (tertiary/aromatic N) is 2. The molecule has 0 radical (unpaired) electrons. The molecule has 1 heterocycles. The van der Waals surface area contributed by atoms with Gasteiger partial charge in [0.2, 0.25) is 15.9 Å². The number of anilines is 2. The summed E-state index contributed by atoms with van der Waals surface area (Å²) in [5.74, 6) is 0.239. The molecule has 0 aliphatic carbocycles. The summed E-state index contributed by atoms with van der Waals surface area (Å²) in [4.78, 5) is 26.9. The Hall–Kier alpha value is -3.31. The van der Waals surface area contributed by atoms with E-state index < -0.39 is 27.9 Å². The van der Waals surface area contributed by atoms with Gasteiger partial charge in [-0.15, -0.1) is 0 Å². The minimum atomic E-state index is -3.70. The Labute approximate surface area is 186 Å². The molecule has 0 aromatic heterocycles. The molecule has 2 amide bonds. The largest absolute Gasteiger partial charge is 0.497 e. The van der Waals surface area contributed by atoms with Crippen molar-refractivity contribution in [2.24, 2.45) is 0 Å². The van der Waals surface area contributed by atoms with Crippen molar-refractivity contribution in [1.29, 1.82) is 0 Å². The molecule has 0 saturated carbocycles. The van der Waals surface area contributed by atoms with Crippen molar-refractivity contribution in [3.8, 4) is 17.2 Å². The molecule has 1 aliphatic rings. The van der Waals surface area contributed by atoms with E-state index in [1.54, 1.807) is 18.2 Å². The summed E-state index contributed by atoms with van der Waals surface area (Å²) in [6.07, 6.45) is -0.123. The lowest BCUT2D eigenvalue weighted by Gasteiger charge is -2.20. The van der Waals surface area contributed by atoms with Crippen LogP contribution in [-0.2, 0) is 19.6 Å². The first-order chi connectivity index (χ1) is 15.1. The molecule has 2 aromatic rings. The van der Waals surface area contributed by atoms with Gasteiger partial charge in [-0.3, -0.25) is 9.59 Å². The molecule has 3 rings (SSSR count). The number of rotatable bonds is 8. The highest BCUT2D eigenvalue weighted by Gasteiger charge is 2.41. The van der Waals surface area contributed by atoms with E-state index in [-0.39, 0.29) is 17.0 Å². The van der Waals surface area contributed by atoms with Gasteiger partial charge in [-0.1, -0.05) is 0 Å². The van der Waals surface area contributed by atoms with Crippen LogP contribution in [0, 0.1) is 0 Å². The Kier molecular flexibility index (Phi) is 6.60. The number of methoxy groups -OCH3 is 3. The molecular formula is C21H25N3O7S. The van der Waals surface area contributed by atoms with Crippen LogP contribution in [0.15, 0.2) is 41.3 Å². The maximum Gasteiger partial charge on any atom is 0.256 e. The molecule has 1 aliphatic heterocycles. The fourth-order valence-electron chi connectivity index (χ4n) is 3.33. The predicted octanol–water partition coefficient (Wildman–Crippen LogP) is 1.71. The summed E-state index contributed by atoms with van der Waals surface area (Å²) in [6.45, 7) is 0. The zero-order chi connectivity index (χ0) is 23.6. The lowest BCUT2D eigenvalue weighted by Crippen LogP contribution is -2.35. The molecule has 0 unspecified atom stereocenters.